The standard InChI is InChI=1S/C21H21BrN4O4/c22-14-6-12-9-23-4-2-1-3-5-28-17-7-13-15(8-16(17)27)24-10-25-21(13)26-18(12)20-19(14)29-11-30-20/h6-8,10,23,27H,1-5,9,11H2,(H,24,25,26). The second-order valence-corrected chi connectivity index (χ2v) is 8.08. The van der Waals surface area contributed by atoms with Crippen molar-refractivity contribution in [2.45, 2.75) is 25.8 Å². The maximum atomic E-state index is 10.3. The number of phenolic OH excluding ortho intramolecular Hbond substituents is 1. The normalized spacial score (nSPS) is 16.3. The van der Waals surface area contributed by atoms with Crippen LogP contribution in [0.4, 0.5) is 11.5 Å². The molecule has 0 unspecified atom stereocenters. The lowest BCUT2D eigenvalue weighted by atomic mass is 10.1. The number of halogens is 1. The molecule has 3 N–H and O–H groups in total. The molecule has 0 saturated heterocycles. The molecule has 0 amide bonds. The fourth-order valence-electron chi connectivity index (χ4n) is 3.69. The molecule has 2 aromatic carbocycles. The SMILES string of the molecule is Oc1cc2ncnc3c2cc1OCCCCCNCc1cc(Br)c2c(c1N3)OCO2. The number of benzene rings is 2. The van der Waals surface area contributed by atoms with Crippen molar-refractivity contribution >= 4 is 38.3 Å². The highest BCUT2D eigenvalue weighted by Crippen LogP contribution is 2.48. The molecular weight excluding hydrogens is 452 g/mol. The molecule has 8 nitrogen and oxygen atoms in total. The van der Waals surface area contributed by atoms with Crippen LogP contribution in [0.2, 0.25) is 0 Å². The van der Waals surface area contributed by atoms with Crippen LogP contribution in [0.15, 0.2) is 29.0 Å². The van der Waals surface area contributed by atoms with Crippen LogP contribution in [0.5, 0.6) is 23.0 Å². The molecule has 1 aromatic heterocycles. The Labute approximate surface area is 181 Å². The molecule has 0 saturated carbocycles. The summed E-state index contributed by atoms with van der Waals surface area (Å²) in [5, 5.41) is 18.0. The van der Waals surface area contributed by atoms with Gasteiger partial charge >= 0.3 is 0 Å². The van der Waals surface area contributed by atoms with Crippen LogP contribution >= 0.6 is 15.9 Å². The number of ether oxygens (including phenoxy) is 3. The molecule has 2 bridgehead atoms. The molecule has 0 atom stereocenters. The van der Waals surface area contributed by atoms with Crippen LogP contribution in [0.25, 0.3) is 10.9 Å². The number of anilines is 2. The smallest absolute Gasteiger partial charge is 0.231 e. The molecule has 3 heterocycles. The highest BCUT2D eigenvalue weighted by Gasteiger charge is 2.25. The van der Waals surface area contributed by atoms with E-state index in [1.165, 1.54) is 6.33 Å². The summed E-state index contributed by atoms with van der Waals surface area (Å²) < 4.78 is 18.1. The van der Waals surface area contributed by atoms with E-state index in [4.69, 9.17) is 14.2 Å². The van der Waals surface area contributed by atoms with Crippen molar-refractivity contribution in [1.29, 1.82) is 0 Å². The maximum Gasteiger partial charge on any atom is 0.231 e. The lowest BCUT2D eigenvalue weighted by Gasteiger charge is -2.17. The van der Waals surface area contributed by atoms with E-state index in [0.717, 1.165) is 46.9 Å². The number of nitrogens with zero attached hydrogens (tertiary/aromatic N) is 2. The molecular formula is C21H21BrN4O4. The van der Waals surface area contributed by atoms with Gasteiger partial charge in [0.1, 0.15) is 12.1 Å². The van der Waals surface area contributed by atoms with Crippen molar-refractivity contribution in [2.75, 3.05) is 25.3 Å². The van der Waals surface area contributed by atoms with E-state index in [2.05, 4.69) is 36.5 Å². The van der Waals surface area contributed by atoms with Crippen LogP contribution in [0, 0.1) is 0 Å². The van der Waals surface area contributed by atoms with Gasteiger partial charge < -0.3 is 30.0 Å². The number of nitrogens with one attached hydrogen (secondary N) is 2. The quantitative estimate of drug-likeness (QED) is 0.447. The van der Waals surface area contributed by atoms with Gasteiger partial charge in [-0.3, -0.25) is 0 Å². The molecule has 3 aromatic rings. The number of rotatable bonds is 0. The van der Waals surface area contributed by atoms with Crippen molar-refractivity contribution in [3.05, 3.63) is 34.6 Å². The van der Waals surface area contributed by atoms with Gasteiger partial charge in [0.2, 0.25) is 6.79 Å². The molecule has 0 spiro atoms. The van der Waals surface area contributed by atoms with Crippen molar-refractivity contribution in [3.63, 3.8) is 0 Å². The number of hydrogen-bond donors (Lipinski definition) is 3. The summed E-state index contributed by atoms with van der Waals surface area (Å²) in [6.07, 6.45) is 4.45. The Balaban J connectivity index is 1.65. The maximum absolute atomic E-state index is 10.3. The first-order chi connectivity index (χ1) is 14.7. The monoisotopic (exact) mass is 472 g/mol. The highest BCUT2D eigenvalue weighted by molar-refractivity contribution is 9.10. The summed E-state index contributed by atoms with van der Waals surface area (Å²) in [7, 11) is 0. The molecule has 5 rings (SSSR count). The van der Waals surface area contributed by atoms with Gasteiger partial charge in [-0.15, -0.1) is 0 Å². The van der Waals surface area contributed by atoms with Gasteiger partial charge in [-0.1, -0.05) is 0 Å². The van der Waals surface area contributed by atoms with E-state index in [1.54, 1.807) is 12.1 Å². The van der Waals surface area contributed by atoms with Gasteiger partial charge in [0.05, 0.1) is 22.3 Å². The summed E-state index contributed by atoms with van der Waals surface area (Å²) in [5.41, 5.74) is 2.44. The van der Waals surface area contributed by atoms with Gasteiger partial charge in [0.15, 0.2) is 23.0 Å². The number of aromatic nitrogens is 2. The fourth-order valence-corrected chi connectivity index (χ4v) is 4.27. The molecule has 2 aliphatic rings. The van der Waals surface area contributed by atoms with E-state index < -0.39 is 0 Å². The van der Waals surface area contributed by atoms with Crippen molar-refractivity contribution in [1.82, 2.24) is 15.3 Å². The predicted octanol–water partition coefficient (Wildman–Crippen LogP) is 4.22. The highest BCUT2D eigenvalue weighted by atomic mass is 79.9. The van der Waals surface area contributed by atoms with Gasteiger partial charge in [0.25, 0.3) is 0 Å². The molecule has 2 aliphatic heterocycles. The van der Waals surface area contributed by atoms with E-state index in [9.17, 15) is 5.11 Å². The minimum atomic E-state index is 0.0695. The van der Waals surface area contributed by atoms with E-state index in [1.807, 2.05) is 6.07 Å². The van der Waals surface area contributed by atoms with Crippen LogP contribution in [0.3, 0.4) is 0 Å². The summed E-state index contributed by atoms with van der Waals surface area (Å²) in [6.45, 7) is 2.27. The van der Waals surface area contributed by atoms with Crippen LogP contribution < -0.4 is 24.8 Å². The van der Waals surface area contributed by atoms with Gasteiger partial charge in [-0.25, -0.2) is 9.97 Å². The number of phenols is 1. The summed E-state index contributed by atoms with van der Waals surface area (Å²) in [4.78, 5) is 8.74. The topological polar surface area (TPSA) is 97.8 Å². The average Bonchev–Trinajstić information content (AvgIpc) is 3.23. The Hall–Kier alpha value is -2.78. The Morgan fingerprint density at radius 2 is 1.90 bits per heavy atom. The number of fused-ring (bicyclic) bond motifs is 4. The zero-order chi connectivity index (χ0) is 20.5. The van der Waals surface area contributed by atoms with Gasteiger partial charge in [-0.05, 0) is 59.4 Å². The zero-order valence-electron chi connectivity index (χ0n) is 16.2. The van der Waals surface area contributed by atoms with Crippen LogP contribution in [-0.4, -0.2) is 35.0 Å². The number of aromatic hydroxyl groups is 1. The minimum absolute atomic E-state index is 0.0695. The van der Waals surface area contributed by atoms with Crippen LogP contribution in [-0.2, 0) is 6.54 Å². The first kappa shape index (κ1) is 19.2. The molecule has 0 aliphatic carbocycles. The minimum Gasteiger partial charge on any atom is -0.504 e. The Morgan fingerprint density at radius 1 is 1.00 bits per heavy atom. The first-order valence-corrected chi connectivity index (χ1v) is 10.7. The summed E-state index contributed by atoms with van der Waals surface area (Å²) in [5.74, 6) is 2.40. The summed E-state index contributed by atoms with van der Waals surface area (Å²) >= 11 is 3.59. The predicted molar refractivity (Wildman–Crippen MR) is 116 cm³/mol. The first-order valence-electron chi connectivity index (χ1n) is 9.90. The third kappa shape index (κ3) is 3.59. The third-order valence-corrected chi connectivity index (χ3v) is 5.80. The van der Waals surface area contributed by atoms with E-state index in [-0.39, 0.29) is 12.5 Å². The zero-order valence-corrected chi connectivity index (χ0v) is 17.8. The second-order valence-electron chi connectivity index (χ2n) is 7.23. The Bertz CT molecular complexity index is 1110. The lowest BCUT2D eigenvalue weighted by molar-refractivity contribution is 0.174. The fraction of sp³-hybridized carbons (Fsp3) is 0.333. The van der Waals surface area contributed by atoms with Gasteiger partial charge in [0, 0.05) is 18.0 Å². The van der Waals surface area contributed by atoms with E-state index >= 15 is 0 Å². The molecule has 30 heavy (non-hydrogen) atoms. The lowest BCUT2D eigenvalue weighted by Crippen LogP contribution is -2.16. The van der Waals surface area contributed by atoms with Crippen molar-refractivity contribution in [3.8, 4) is 23.0 Å². The molecule has 0 fully saturated rings. The average molecular weight is 473 g/mol. The van der Waals surface area contributed by atoms with E-state index in [0.29, 0.717) is 41.7 Å². The van der Waals surface area contributed by atoms with Crippen molar-refractivity contribution < 1.29 is 19.3 Å². The molecule has 156 valence electrons. The van der Waals surface area contributed by atoms with Crippen molar-refractivity contribution in [2.24, 2.45) is 0 Å². The molecule has 0 radical (unpaired) electrons. The summed E-state index contributed by atoms with van der Waals surface area (Å²) in [6, 6.07) is 5.41. The third-order valence-electron chi connectivity index (χ3n) is 5.21. The van der Waals surface area contributed by atoms with Crippen LogP contribution in [0.1, 0.15) is 24.8 Å². The molecule has 9 heteroatoms. The second kappa shape index (κ2) is 8.16. The largest absolute Gasteiger partial charge is 0.504 e. The van der Waals surface area contributed by atoms with Gasteiger partial charge in [-0.2, -0.15) is 0 Å². The Morgan fingerprint density at radius 3 is 2.83 bits per heavy atom. The number of hydrogen-bond acceptors (Lipinski definition) is 8. The Kier molecular flexibility index (Phi) is 5.22.